The van der Waals surface area contributed by atoms with Gasteiger partial charge in [-0.3, -0.25) is 4.52 Å². The van der Waals surface area contributed by atoms with Gasteiger partial charge in [0, 0.05) is 4.90 Å². The minimum absolute atomic E-state index is 0.0700. The van der Waals surface area contributed by atoms with Crippen LogP contribution in [0.5, 0.6) is 5.75 Å². The topological polar surface area (TPSA) is 38.7 Å². The first-order valence-electron chi connectivity index (χ1n) is 12.7. The first kappa shape index (κ1) is 24.6. The van der Waals surface area contributed by atoms with E-state index in [2.05, 4.69) is 80.6 Å². The standard InChI is InChI=1S/C30H33O3PS/c1-3-9-24-17-16-22-11-4-6-14-26(22)29(24)35-30-27-15-7-5-12-23(27)18-19-28(30)33-34(31)32-25-13-8-10-21(2)20-25/h4-7,11-12,14-19,21,25,31H,3,8-10,13,20H2,1-2H3. The van der Waals surface area contributed by atoms with Gasteiger partial charge >= 0.3 is 8.60 Å². The average molecular weight is 505 g/mol. The molecular weight excluding hydrogens is 471 g/mol. The molecule has 0 heterocycles. The lowest BCUT2D eigenvalue weighted by atomic mass is 9.89. The van der Waals surface area contributed by atoms with E-state index in [-0.39, 0.29) is 6.10 Å². The van der Waals surface area contributed by atoms with Crippen LogP contribution in [-0.4, -0.2) is 11.0 Å². The van der Waals surface area contributed by atoms with Gasteiger partial charge in [0.15, 0.2) is 0 Å². The summed E-state index contributed by atoms with van der Waals surface area (Å²) >= 11 is 1.75. The van der Waals surface area contributed by atoms with Crippen LogP contribution in [0.25, 0.3) is 21.5 Å². The van der Waals surface area contributed by atoms with E-state index in [4.69, 9.17) is 9.05 Å². The Morgan fingerprint density at radius 1 is 0.886 bits per heavy atom. The molecule has 35 heavy (non-hydrogen) atoms. The summed E-state index contributed by atoms with van der Waals surface area (Å²) in [4.78, 5) is 13.1. The second-order valence-electron chi connectivity index (χ2n) is 9.57. The van der Waals surface area contributed by atoms with Gasteiger partial charge in [-0.05, 0) is 58.4 Å². The molecule has 0 bridgehead atoms. The summed E-state index contributed by atoms with van der Waals surface area (Å²) in [5.74, 6) is 1.31. The van der Waals surface area contributed by atoms with Crippen LogP contribution in [0.3, 0.4) is 0 Å². The van der Waals surface area contributed by atoms with E-state index < -0.39 is 8.60 Å². The van der Waals surface area contributed by atoms with Crippen molar-refractivity contribution in [1.29, 1.82) is 0 Å². The van der Waals surface area contributed by atoms with Gasteiger partial charge in [0.1, 0.15) is 5.75 Å². The minimum Gasteiger partial charge on any atom is -0.426 e. The summed E-state index contributed by atoms with van der Waals surface area (Å²) < 4.78 is 12.2. The summed E-state index contributed by atoms with van der Waals surface area (Å²) in [5, 5.41) is 4.77. The predicted molar refractivity (Wildman–Crippen MR) is 148 cm³/mol. The molecule has 3 unspecified atom stereocenters. The third-order valence-electron chi connectivity index (χ3n) is 6.83. The molecule has 3 nitrogen and oxygen atoms in total. The molecule has 1 fully saturated rings. The molecule has 0 spiro atoms. The average Bonchev–Trinajstić information content (AvgIpc) is 2.86. The first-order chi connectivity index (χ1) is 17.1. The fourth-order valence-electron chi connectivity index (χ4n) is 5.08. The predicted octanol–water partition coefficient (Wildman–Crippen LogP) is 9.29. The Labute approximate surface area is 213 Å². The smallest absolute Gasteiger partial charge is 0.394 e. The Balaban J connectivity index is 1.52. The first-order valence-corrected chi connectivity index (χ1v) is 14.6. The van der Waals surface area contributed by atoms with Crippen LogP contribution in [0.4, 0.5) is 0 Å². The summed E-state index contributed by atoms with van der Waals surface area (Å²) in [5.41, 5.74) is 1.34. The quantitative estimate of drug-likeness (QED) is 0.243. The van der Waals surface area contributed by atoms with Gasteiger partial charge in [-0.25, -0.2) is 0 Å². The maximum atomic E-state index is 10.8. The van der Waals surface area contributed by atoms with Crippen LogP contribution in [0, 0.1) is 5.92 Å². The van der Waals surface area contributed by atoms with Crippen LogP contribution in [0.2, 0.25) is 0 Å². The van der Waals surface area contributed by atoms with Crippen molar-refractivity contribution in [1.82, 2.24) is 0 Å². The number of hydrogen-bond donors (Lipinski definition) is 1. The van der Waals surface area contributed by atoms with Gasteiger partial charge in [-0.15, -0.1) is 0 Å². The highest BCUT2D eigenvalue weighted by atomic mass is 32.2. The van der Waals surface area contributed by atoms with Crippen molar-refractivity contribution < 1.29 is 13.9 Å². The van der Waals surface area contributed by atoms with E-state index >= 15 is 0 Å². The fourth-order valence-corrected chi connectivity index (χ4v) is 7.26. The van der Waals surface area contributed by atoms with Gasteiger partial charge in [-0.1, -0.05) is 112 Å². The van der Waals surface area contributed by atoms with Crippen molar-refractivity contribution in [3.05, 3.63) is 78.4 Å². The van der Waals surface area contributed by atoms with E-state index in [0.29, 0.717) is 11.7 Å². The van der Waals surface area contributed by atoms with Crippen molar-refractivity contribution in [2.75, 3.05) is 0 Å². The highest BCUT2D eigenvalue weighted by Crippen LogP contribution is 2.48. The Morgan fingerprint density at radius 3 is 2.29 bits per heavy atom. The van der Waals surface area contributed by atoms with E-state index in [9.17, 15) is 4.89 Å². The molecule has 5 heteroatoms. The van der Waals surface area contributed by atoms with Crippen LogP contribution >= 0.6 is 20.4 Å². The third-order valence-corrected chi connectivity index (χ3v) is 8.97. The molecule has 1 saturated carbocycles. The molecule has 182 valence electrons. The number of hydrogen-bond acceptors (Lipinski definition) is 4. The molecule has 0 aromatic heterocycles. The van der Waals surface area contributed by atoms with Crippen LogP contribution in [-0.2, 0) is 10.9 Å². The third kappa shape index (κ3) is 5.67. The lowest BCUT2D eigenvalue weighted by molar-refractivity contribution is 0.114. The Kier molecular flexibility index (Phi) is 7.94. The second kappa shape index (κ2) is 11.3. The van der Waals surface area contributed by atoms with Gasteiger partial charge in [0.25, 0.3) is 0 Å². The van der Waals surface area contributed by atoms with Crippen molar-refractivity contribution in [2.24, 2.45) is 5.92 Å². The molecule has 1 aliphatic rings. The maximum absolute atomic E-state index is 10.8. The highest BCUT2D eigenvalue weighted by Gasteiger charge is 2.25. The summed E-state index contributed by atoms with van der Waals surface area (Å²) in [7, 11) is -2.01. The van der Waals surface area contributed by atoms with Crippen molar-refractivity contribution >= 4 is 41.9 Å². The number of rotatable bonds is 8. The molecule has 0 radical (unpaired) electrons. The Hall–Kier alpha value is -2.10. The number of benzene rings is 4. The molecule has 1 aliphatic carbocycles. The SMILES string of the molecule is CCCc1ccc2ccccc2c1Sc1c(OP(O)OC2CCCC(C)C2)ccc2ccccc12. The van der Waals surface area contributed by atoms with E-state index in [1.165, 1.54) is 27.7 Å². The van der Waals surface area contributed by atoms with Gasteiger partial charge in [-0.2, -0.15) is 0 Å². The van der Waals surface area contributed by atoms with Crippen LogP contribution in [0.15, 0.2) is 82.6 Å². The summed E-state index contributed by atoms with van der Waals surface area (Å²) in [6.45, 7) is 4.48. The van der Waals surface area contributed by atoms with Crippen molar-refractivity contribution in [2.45, 2.75) is 68.3 Å². The molecule has 0 amide bonds. The molecule has 4 aromatic carbocycles. The van der Waals surface area contributed by atoms with Crippen molar-refractivity contribution in [3.8, 4) is 5.75 Å². The Morgan fingerprint density at radius 2 is 1.57 bits per heavy atom. The molecule has 3 atom stereocenters. The molecule has 0 aliphatic heterocycles. The lowest BCUT2D eigenvalue weighted by Crippen LogP contribution is -2.20. The normalized spacial score (nSPS) is 19.2. The Bertz CT molecular complexity index is 1310. The van der Waals surface area contributed by atoms with Gasteiger partial charge in [0.05, 0.1) is 11.0 Å². The molecule has 0 saturated heterocycles. The van der Waals surface area contributed by atoms with Crippen LogP contribution in [0.1, 0.15) is 51.5 Å². The summed E-state index contributed by atoms with van der Waals surface area (Å²) in [6.07, 6.45) is 6.53. The van der Waals surface area contributed by atoms with E-state index in [1.54, 1.807) is 11.8 Å². The molecular formula is C30H33O3PS. The zero-order chi connectivity index (χ0) is 24.2. The molecule has 5 rings (SSSR count). The van der Waals surface area contributed by atoms with Gasteiger partial charge in [0.2, 0.25) is 0 Å². The zero-order valence-electron chi connectivity index (χ0n) is 20.4. The number of fused-ring (bicyclic) bond motifs is 2. The van der Waals surface area contributed by atoms with Crippen molar-refractivity contribution in [3.63, 3.8) is 0 Å². The minimum atomic E-state index is -2.01. The van der Waals surface area contributed by atoms with E-state index in [0.717, 1.165) is 47.8 Å². The maximum Gasteiger partial charge on any atom is 0.394 e. The highest BCUT2D eigenvalue weighted by molar-refractivity contribution is 8.00. The largest absolute Gasteiger partial charge is 0.426 e. The molecule has 4 aromatic rings. The lowest BCUT2D eigenvalue weighted by Gasteiger charge is -2.27. The molecule has 1 N–H and O–H groups in total. The number of aryl methyl sites for hydroxylation is 1. The van der Waals surface area contributed by atoms with E-state index in [1.807, 2.05) is 6.07 Å². The monoisotopic (exact) mass is 504 g/mol. The van der Waals surface area contributed by atoms with Gasteiger partial charge < -0.3 is 9.42 Å². The summed E-state index contributed by atoms with van der Waals surface area (Å²) in [6, 6.07) is 25.5. The van der Waals surface area contributed by atoms with Crippen LogP contribution < -0.4 is 4.52 Å². The zero-order valence-corrected chi connectivity index (χ0v) is 22.2. The second-order valence-corrected chi connectivity index (χ2v) is 11.5. The fraction of sp³-hybridized carbons (Fsp3) is 0.333.